The van der Waals surface area contributed by atoms with Gasteiger partial charge in [-0.1, -0.05) is 154 Å². The van der Waals surface area contributed by atoms with Crippen LogP contribution in [0.25, 0.3) is 0 Å². The van der Waals surface area contributed by atoms with Crippen LogP contribution in [0.1, 0.15) is 83.1 Å². The van der Waals surface area contributed by atoms with Gasteiger partial charge >= 0.3 is 11.8 Å². The summed E-state index contributed by atoms with van der Waals surface area (Å²) in [5, 5.41) is 4.59. The Bertz CT molecular complexity index is 2340. The maximum atomic E-state index is 13.9. The van der Waals surface area contributed by atoms with E-state index in [2.05, 4.69) is 104 Å². The molecular formula is C51H57N3O7Si. The number of nitrogens with zero attached hydrogens (tertiary/aromatic N) is 2. The fraction of sp³-hybridized carbons (Fsp3) is 0.314. The van der Waals surface area contributed by atoms with Gasteiger partial charge in [-0.25, -0.2) is 9.59 Å². The van der Waals surface area contributed by atoms with Crippen molar-refractivity contribution < 1.29 is 28.2 Å². The Morgan fingerprint density at radius 1 is 0.758 bits per heavy atom. The molecular weight excluding hydrogens is 795 g/mol. The van der Waals surface area contributed by atoms with Crippen molar-refractivity contribution in [1.82, 2.24) is 9.55 Å². The number of carbonyl (C=O) groups excluding carboxylic acids is 1. The Morgan fingerprint density at radius 3 is 1.77 bits per heavy atom. The molecule has 1 aliphatic heterocycles. The van der Waals surface area contributed by atoms with Crippen molar-refractivity contribution in [3.05, 3.63) is 185 Å². The number of hydrogen-bond acceptors (Lipinski definition) is 8. The lowest BCUT2D eigenvalue weighted by molar-refractivity contribution is -0.0717. The van der Waals surface area contributed by atoms with Gasteiger partial charge < -0.3 is 23.4 Å². The zero-order chi connectivity index (χ0) is 43.9. The number of ether oxygens (including phenoxy) is 4. The van der Waals surface area contributed by atoms with Crippen LogP contribution >= 0.6 is 0 Å². The molecule has 2 heterocycles. The van der Waals surface area contributed by atoms with Gasteiger partial charge in [0.05, 0.1) is 25.9 Å². The van der Waals surface area contributed by atoms with Gasteiger partial charge in [-0.15, -0.1) is 0 Å². The number of rotatable bonds is 14. The third-order valence-corrected chi connectivity index (χ3v) is 16.3. The number of methoxy groups -OCH3 is 1. The number of nitrogens with one attached hydrogen (secondary N) is 1. The maximum Gasteiger partial charge on any atom is 0.413 e. The number of anilines is 1. The molecule has 4 unspecified atom stereocenters. The zero-order valence-corrected chi connectivity index (χ0v) is 37.6. The van der Waals surface area contributed by atoms with Crippen molar-refractivity contribution in [3.8, 4) is 5.75 Å². The highest BCUT2D eigenvalue weighted by atomic mass is 28.4. The molecule has 10 nitrogen and oxygen atoms in total. The molecule has 7 rings (SSSR count). The average Bonchev–Trinajstić information content (AvgIpc) is 3.68. The SMILES string of the molecule is COc1ccc(C(OC(c2ccccc2)c2ccccc2)C2CC(n3ccc(NC(=O)OC(C)(C)C)nc3=O)OC2CO[Si](c2ccccc2)(c2ccccc2)C(C)(C)C)cc1. The van der Waals surface area contributed by atoms with Crippen molar-refractivity contribution in [2.75, 3.05) is 19.0 Å². The second-order valence-corrected chi connectivity index (χ2v) is 22.0. The summed E-state index contributed by atoms with van der Waals surface area (Å²) in [6.07, 6.45) is -0.972. The lowest BCUT2D eigenvalue weighted by Crippen LogP contribution is -2.67. The van der Waals surface area contributed by atoms with Crippen LogP contribution in [-0.2, 0) is 18.6 Å². The molecule has 0 radical (unpaired) electrons. The molecule has 0 spiro atoms. The summed E-state index contributed by atoms with van der Waals surface area (Å²) in [5.74, 6) is 0.475. The number of amides is 1. The van der Waals surface area contributed by atoms with Crippen LogP contribution < -0.4 is 26.1 Å². The Hall–Kier alpha value is -5.85. The lowest BCUT2D eigenvalue weighted by atomic mass is 9.88. The van der Waals surface area contributed by atoms with Crippen LogP contribution in [0, 0.1) is 5.92 Å². The minimum absolute atomic E-state index is 0.0784. The Morgan fingerprint density at radius 2 is 1.29 bits per heavy atom. The Kier molecular flexibility index (Phi) is 13.6. The van der Waals surface area contributed by atoms with Crippen LogP contribution in [0.4, 0.5) is 10.6 Å². The molecule has 1 fully saturated rings. The Balaban J connectivity index is 1.33. The minimum atomic E-state index is -3.03. The van der Waals surface area contributed by atoms with Gasteiger partial charge in [0.25, 0.3) is 8.32 Å². The molecule has 11 heteroatoms. The van der Waals surface area contributed by atoms with E-state index in [-0.39, 0.29) is 23.4 Å². The molecule has 1 saturated heterocycles. The number of benzene rings is 5. The number of carbonyl (C=O) groups is 1. The second kappa shape index (κ2) is 19.0. The summed E-state index contributed by atoms with van der Waals surface area (Å²) < 4.78 is 34.5. The molecule has 1 amide bonds. The Labute approximate surface area is 366 Å². The van der Waals surface area contributed by atoms with Crippen LogP contribution in [0.2, 0.25) is 5.04 Å². The third-order valence-electron chi connectivity index (χ3n) is 11.3. The molecule has 1 N–H and O–H groups in total. The highest BCUT2D eigenvalue weighted by molar-refractivity contribution is 6.99. The van der Waals surface area contributed by atoms with Crippen molar-refractivity contribution in [2.24, 2.45) is 5.92 Å². The summed E-state index contributed by atoms with van der Waals surface area (Å²) in [6.45, 7) is 12.3. The first-order chi connectivity index (χ1) is 29.8. The lowest BCUT2D eigenvalue weighted by Gasteiger charge is -2.44. The van der Waals surface area contributed by atoms with Gasteiger partial charge in [0, 0.05) is 18.5 Å². The highest BCUT2D eigenvalue weighted by Gasteiger charge is 2.52. The smallest absolute Gasteiger partial charge is 0.413 e. The normalized spacial score (nSPS) is 17.4. The first-order valence-electron chi connectivity index (χ1n) is 21.1. The summed E-state index contributed by atoms with van der Waals surface area (Å²) in [5.41, 5.74) is 1.63. The second-order valence-electron chi connectivity index (χ2n) is 17.7. The highest BCUT2D eigenvalue weighted by Crippen LogP contribution is 2.47. The monoisotopic (exact) mass is 851 g/mol. The molecule has 322 valence electrons. The molecule has 62 heavy (non-hydrogen) atoms. The van der Waals surface area contributed by atoms with Crippen molar-refractivity contribution in [1.29, 1.82) is 0 Å². The predicted octanol–water partition coefficient (Wildman–Crippen LogP) is 9.63. The zero-order valence-electron chi connectivity index (χ0n) is 36.6. The van der Waals surface area contributed by atoms with Crippen molar-refractivity contribution >= 4 is 30.6 Å². The van der Waals surface area contributed by atoms with Crippen LogP contribution in [-0.4, -0.2) is 49.4 Å². The van der Waals surface area contributed by atoms with E-state index < -0.39 is 50.2 Å². The van der Waals surface area contributed by atoms with E-state index in [0.717, 1.165) is 32.8 Å². The van der Waals surface area contributed by atoms with Crippen molar-refractivity contribution in [2.45, 2.75) is 83.1 Å². The quantitative estimate of drug-likeness (QED) is 0.108. The van der Waals surface area contributed by atoms with Gasteiger partial charge in [-0.3, -0.25) is 9.88 Å². The van der Waals surface area contributed by atoms with Crippen molar-refractivity contribution in [3.63, 3.8) is 0 Å². The molecule has 0 saturated carbocycles. The fourth-order valence-electron chi connectivity index (χ4n) is 8.45. The first kappa shape index (κ1) is 44.2. The summed E-state index contributed by atoms with van der Waals surface area (Å²) in [6, 6.07) is 51.0. The van der Waals surface area contributed by atoms with Crippen LogP contribution in [0.15, 0.2) is 163 Å². The predicted molar refractivity (Wildman–Crippen MR) is 245 cm³/mol. The molecule has 5 aromatic carbocycles. The van der Waals surface area contributed by atoms with E-state index in [1.807, 2.05) is 72.8 Å². The van der Waals surface area contributed by atoms with Gasteiger partial charge in [-0.05, 0) is 71.1 Å². The summed E-state index contributed by atoms with van der Waals surface area (Å²) in [4.78, 5) is 30.7. The van der Waals surface area contributed by atoms with Crippen LogP contribution in [0.5, 0.6) is 5.75 Å². The van der Waals surface area contributed by atoms with Gasteiger partial charge in [0.15, 0.2) is 0 Å². The van der Waals surface area contributed by atoms with Gasteiger partial charge in [0.2, 0.25) is 0 Å². The van der Waals surface area contributed by atoms with Gasteiger partial charge in [-0.2, -0.15) is 4.98 Å². The maximum absolute atomic E-state index is 13.9. The molecule has 1 aromatic heterocycles. The van der Waals surface area contributed by atoms with E-state index in [0.29, 0.717) is 6.42 Å². The van der Waals surface area contributed by atoms with Gasteiger partial charge in [0.1, 0.15) is 29.5 Å². The standard InChI is InChI=1S/C51H57N3O7Si/c1-50(2,3)61-49(56)53-44-32-33-54(48(55)52-44)45-34-42(43(59-45)35-58-62(51(4,5)6,40-24-16-10-17-25-40)41-26-18-11-19-27-41)47(38-28-30-39(57-7)31-29-38)60-46(36-20-12-8-13-21-36)37-22-14-9-15-23-37/h8-33,42-43,45-47H,34-35H2,1-7H3,(H,52,53,55,56). The molecule has 6 aromatic rings. The first-order valence-corrected chi connectivity index (χ1v) is 23.1. The average molecular weight is 852 g/mol. The third kappa shape index (κ3) is 10.1. The van der Waals surface area contributed by atoms with E-state index >= 15 is 0 Å². The topological polar surface area (TPSA) is 110 Å². The molecule has 0 aliphatic carbocycles. The summed E-state index contributed by atoms with van der Waals surface area (Å²) >= 11 is 0. The fourth-order valence-corrected chi connectivity index (χ4v) is 13.0. The van der Waals surface area contributed by atoms with E-state index in [1.54, 1.807) is 40.1 Å². The molecule has 1 aliphatic rings. The minimum Gasteiger partial charge on any atom is -0.497 e. The molecule has 4 atom stereocenters. The summed E-state index contributed by atoms with van der Waals surface area (Å²) in [7, 11) is -1.38. The van der Waals surface area contributed by atoms with Crippen LogP contribution in [0.3, 0.4) is 0 Å². The number of hydrogen-bond donors (Lipinski definition) is 1. The van der Waals surface area contributed by atoms with E-state index in [4.69, 9.17) is 23.4 Å². The van der Waals surface area contributed by atoms with E-state index in [9.17, 15) is 9.59 Å². The largest absolute Gasteiger partial charge is 0.497 e. The van der Waals surface area contributed by atoms with E-state index in [1.165, 1.54) is 4.57 Å². The number of aromatic nitrogens is 2. The molecule has 0 bridgehead atoms.